The predicted octanol–water partition coefficient (Wildman–Crippen LogP) is 4.38. The molecule has 1 atom stereocenters. The number of rotatable bonds is 4. The van der Waals surface area contributed by atoms with Crippen molar-refractivity contribution < 1.29 is 13.9 Å². The van der Waals surface area contributed by atoms with Crippen LogP contribution in [0.1, 0.15) is 25.1 Å². The first kappa shape index (κ1) is 13.4. The number of halogens is 1. The van der Waals surface area contributed by atoms with Gasteiger partial charge in [0.1, 0.15) is 19.0 Å². The lowest BCUT2D eigenvalue weighted by Gasteiger charge is -2.22. The Morgan fingerprint density at radius 1 is 1.25 bits per heavy atom. The molecule has 4 nitrogen and oxygen atoms in total. The van der Waals surface area contributed by atoms with Crippen molar-refractivity contribution in [3.8, 4) is 11.5 Å². The molecule has 0 saturated carbocycles. The second-order valence-corrected chi connectivity index (χ2v) is 5.45. The van der Waals surface area contributed by atoms with Gasteiger partial charge in [0, 0.05) is 16.6 Å². The maximum absolute atomic E-state index is 5.62. The van der Waals surface area contributed by atoms with Gasteiger partial charge in [-0.05, 0) is 34.5 Å². The minimum Gasteiger partial charge on any atom is -0.486 e. The number of nitrogens with one attached hydrogen (secondary N) is 1. The minimum absolute atomic E-state index is 0.129. The van der Waals surface area contributed by atoms with Gasteiger partial charge < -0.3 is 19.2 Å². The molecule has 5 heteroatoms. The lowest BCUT2D eigenvalue weighted by Crippen LogP contribution is -2.16. The van der Waals surface area contributed by atoms with E-state index in [1.165, 1.54) is 0 Å². The van der Waals surface area contributed by atoms with Crippen LogP contribution in [-0.4, -0.2) is 13.2 Å². The first-order chi connectivity index (χ1) is 9.78. The number of hydrogen-bond donors (Lipinski definition) is 1. The van der Waals surface area contributed by atoms with Crippen molar-refractivity contribution >= 4 is 21.6 Å². The van der Waals surface area contributed by atoms with Crippen LogP contribution >= 0.6 is 15.9 Å². The van der Waals surface area contributed by atoms with E-state index < -0.39 is 0 Å². The van der Waals surface area contributed by atoms with Crippen molar-refractivity contribution in [3.05, 3.63) is 40.8 Å². The van der Waals surface area contributed by atoms with Gasteiger partial charge in [-0.3, -0.25) is 0 Å². The third-order valence-corrected chi connectivity index (χ3v) is 3.91. The minimum atomic E-state index is 0.129. The van der Waals surface area contributed by atoms with Crippen molar-refractivity contribution in [1.29, 1.82) is 0 Å². The van der Waals surface area contributed by atoms with Gasteiger partial charge in [-0.2, -0.15) is 0 Å². The van der Waals surface area contributed by atoms with Crippen LogP contribution in [0.5, 0.6) is 11.5 Å². The summed E-state index contributed by atoms with van der Waals surface area (Å²) in [7, 11) is 0. The third kappa shape index (κ3) is 2.63. The van der Waals surface area contributed by atoms with E-state index in [1.54, 1.807) is 6.26 Å². The first-order valence-corrected chi connectivity index (χ1v) is 7.46. The van der Waals surface area contributed by atoms with Crippen LogP contribution in [0.25, 0.3) is 0 Å². The van der Waals surface area contributed by atoms with Gasteiger partial charge in [-0.15, -0.1) is 0 Å². The van der Waals surface area contributed by atoms with Crippen LogP contribution in [0.15, 0.2) is 39.4 Å². The van der Waals surface area contributed by atoms with Crippen molar-refractivity contribution in [3.63, 3.8) is 0 Å². The molecule has 1 aromatic heterocycles. The molecule has 1 unspecified atom stereocenters. The van der Waals surface area contributed by atoms with Gasteiger partial charge in [0.05, 0.1) is 18.0 Å². The van der Waals surface area contributed by atoms with E-state index in [0.717, 1.165) is 33.8 Å². The van der Waals surface area contributed by atoms with Crippen LogP contribution in [0.2, 0.25) is 0 Å². The number of ether oxygens (including phenoxy) is 2. The fourth-order valence-corrected chi connectivity index (χ4v) is 2.66. The van der Waals surface area contributed by atoms with E-state index in [-0.39, 0.29) is 6.04 Å². The Bertz CT molecular complexity index is 583. The second-order valence-electron chi connectivity index (χ2n) is 4.60. The highest BCUT2D eigenvalue weighted by Gasteiger charge is 2.18. The molecule has 1 aliphatic heterocycles. The van der Waals surface area contributed by atoms with Gasteiger partial charge in [0.2, 0.25) is 0 Å². The van der Waals surface area contributed by atoms with Crippen molar-refractivity contribution in [2.45, 2.75) is 19.4 Å². The zero-order chi connectivity index (χ0) is 13.9. The Balaban J connectivity index is 1.86. The normalized spacial score (nSPS) is 14.9. The summed E-state index contributed by atoms with van der Waals surface area (Å²) in [5, 5.41) is 3.47. The Labute approximate surface area is 126 Å². The largest absolute Gasteiger partial charge is 0.486 e. The number of furan rings is 1. The summed E-state index contributed by atoms with van der Waals surface area (Å²) >= 11 is 3.57. The van der Waals surface area contributed by atoms with E-state index in [0.29, 0.717) is 13.2 Å². The highest BCUT2D eigenvalue weighted by atomic mass is 79.9. The fourth-order valence-electron chi connectivity index (χ4n) is 2.23. The van der Waals surface area contributed by atoms with Crippen molar-refractivity contribution in [2.75, 3.05) is 18.5 Å². The maximum Gasteiger partial charge on any atom is 0.163 e. The Morgan fingerprint density at radius 2 is 2.00 bits per heavy atom. The molecule has 0 fully saturated rings. The molecule has 1 N–H and O–H groups in total. The molecule has 106 valence electrons. The predicted molar refractivity (Wildman–Crippen MR) is 80.5 cm³/mol. The quantitative estimate of drug-likeness (QED) is 0.899. The molecule has 2 aromatic rings. The summed E-state index contributed by atoms with van der Waals surface area (Å²) in [5.41, 5.74) is 0.970. The van der Waals surface area contributed by atoms with Gasteiger partial charge in [-0.1, -0.05) is 6.92 Å². The van der Waals surface area contributed by atoms with Crippen LogP contribution < -0.4 is 14.8 Å². The van der Waals surface area contributed by atoms with E-state index >= 15 is 0 Å². The summed E-state index contributed by atoms with van der Waals surface area (Å²) in [6.07, 6.45) is 2.62. The smallest absolute Gasteiger partial charge is 0.163 e. The second kappa shape index (κ2) is 5.79. The molecule has 3 rings (SSSR count). The van der Waals surface area contributed by atoms with Crippen molar-refractivity contribution in [2.24, 2.45) is 0 Å². The SMILES string of the molecule is CCC(Nc1cc2c(cc1Br)OCCO2)c1ccco1. The summed E-state index contributed by atoms with van der Waals surface area (Å²) in [5.74, 6) is 2.48. The molecule has 0 bridgehead atoms. The zero-order valence-electron chi connectivity index (χ0n) is 11.2. The van der Waals surface area contributed by atoms with Gasteiger partial charge in [0.15, 0.2) is 11.5 Å². The fraction of sp³-hybridized carbons (Fsp3) is 0.333. The van der Waals surface area contributed by atoms with E-state index in [2.05, 4.69) is 28.2 Å². The van der Waals surface area contributed by atoms with Gasteiger partial charge >= 0.3 is 0 Å². The van der Waals surface area contributed by atoms with E-state index in [4.69, 9.17) is 13.9 Å². The summed E-state index contributed by atoms with van der Waals surface area (Å²) < 4.78 is 17.6. The molecule has 1 aliphatic rings. The molecule has 0 radical (unpaired) electrons. The van der Waals surface area contributed by atoms with E-state index in [9.17, 15) is 0 Å². The third-order valence-electron chi connectivity index (χ3n) is 3.26. The van der Waals surface area contributed by atoms with Gasteiger partial charge in [-0.25, -0.2) is 0 Å². The average Bonchev–Trinajstić information content (AvgIpc) is 2.99. The van der Waals surface area contributed by atoms with E-state index in [1.807, 2.05) is 24.3 Å². The summed E-state index contributed by atoms with van der Waals surface area (Å²) in [6, 6.07) is 7.91. The topological polar surface area (TPSA) is 43.6 Å². The summed E-state index contributed by atoms with van der Waals surface area (Å²) in [6.45, 7) is 3.30. The molecule has 0 amide bonds. The average molecular weight is 338 g/mol. The molecule has 0 spiro atoms. The molecule has 2 heterocycles. The standard InChI is InChI=1S/C15H16BrNO3/c1-2-11(13-4-3-5-18-13)17-12-9-15-14(8-10(12)16)19-6-7-20-15/h3-5,8-9,11,17H,2,6-7H2,1H3. The number of hydrogen-bond acceptors (Lipinski definition) is 4. The molecular weight excluding hydrogens is 322 g/mol. The van der Waals surface area contributed by atoms with Crippen molar-refractivity contribution in [1.82, 2.24) is 0 Å². The lowest BCUT2D eigenvalue weighted by molar-refractivity contribution is 0.171. The van der Waals surface area contributed by atoms with Crippen LogP contribution in [0.3, 0.4) is 0 Å². The lowest BCUT2D eigenvalue weighted by atomic mass is 10.1. The number of fused-ring (bicyclic) bond motifs is 1. The maximum atomic E-state index is 5.62. The van der Waals surface area contributed by atoms with Crippen LogP contribution in [-0.2, 0) is 0 Å². The molecule has 0 saturated heterocycles. The molecule has 20 heavy (non-hydrogen) atoms. The highest BCUT2D eigenvalue weighted by Crippen LogP contribution is 2.39. The summed E-state index contributed by atoms with van der Waals surface area (Å²) in [4.78, 5) is 0. The Morgan fingerprint density at radius 3 is 2.65 bits per heavy atom. The van der Waals surface area contributed by atoms with Crippen LogP contribution in [0, 0.1) is 0 Å². The van der Waals surface area contributed by atoms with Gasteiger partial charge in [0.25, 0.3) is 0 Å². The van der Waals surface area contributed by atoms with Crippen LogP contribution in [0.4, 0.5) is 5.69 Å². The molecular formula is C15H16BrNO3. The number of anilines is 1. The molecule has 1 aromatic carbocycles. The first-order valence-electron chi connectivity index (χ1n) is 6.67. The monoisotopic (exact) mass is 337 g/mol. The molecule has 0 aliphatic carbocycles. The Hall–Kier alpha value is -1.62. The highest BCUT2D eigenvalue weighted by molar-refractivity contribution is 9.10. The zero-order valence-corrected chi connectivity index (χ0v) is 12.8. The number of benzene rings is 1. The Kier molecular flexibility index (Phi) is 3.87.